The van der Waals surface area contributed by atoms with Crippen LogP contribution in [0.3, 0.4) is 0 Å². The van der Waals surface area contributed by atoms with Gasteiger partial charge in [-0.05, 0) is 69.2 Å². The van der Waals surface area contributed by atoms with E-state index in [4.69, 9.17) is 0 Å². The predicted molar refractivity (Wildman–Crippen MR) is 110 cm³/mol. The van der Waals surface area contributed by atoms with E-state index >= 15 is 0 Å². The molecule has 29 heavy (non-hydrogen) atoms. The Bertz CT molecular complexity index is 905. The van der Waals surface area contributed by atoms with Crippen LogP contribution < -0.4 is 9.62 Å². The zero-order chi connectivity index (χ0) is 20.6. The number of rotatable bonds is 6. The van der Waals surface area contributed by atoms with Crippen molar-refractivity contribution >= 4 is 27.5 Å². The number of hydrogen-bond donors (Lipinski definition) is 1. The molecule has 2 amide bonds. The summed E-state index contributed by atoms with van der Waals surface area (Å²) in [6, 6.07) is 5.01. The van der Waals surface area contributed by atoms with E-state index in [0.717, 1.165) is 56.4 Å². The van der Waals surface area contributed by atoms with E-state index in [2.05, 4.69) is 4.72 Å². The van der Waals surface area contributed by atoms with Crippen LogP contribution >= 0.6 is 0 Å². The molecule has 2 aliphatic heterocycles. The Hall–Kier alpha value is -1.93. The van der Waals surface area contributed by atoms with Crippen molar-refractivity contribution in [1.29, 1.82) is 0 Å². The molecule has 0 radical (unpaired) electrons. The number of carbonyl (C=O) groups excluding carboxylic acids is 2. The molecule has 4 rings (SSSR count). The van der Waals surface area contributed by atoms with Crippen molar-refractivity contribution in [2.45, 2.75) is 62.8 Å². The number of likely N-dealkylation sites (tertiary alicyclic amines) is 1. The van der Waals surface area contributed by atoms with E-state index in [0.29, 0.717) is 6.42 Å². The number of amides is 2. The van der Waals surface area contributed by atoms with Crippen molar-refractivity contribution in [1.82, 2.24) is 9.62 Å². The van der Waals surface area contributed by atoms with Gasteiger partial charge in [0, 0.05) is 43.7 Å². The molecule has 1 saturated carbocycles. The molecular weight excluding hydrogens is 390 g/mol. The highest BCUT2D eigenvalue weighted by molar-refractivity contribution is 7.89. The number of nitrogens with one attached hydrogen (secondary N) is 1. The van der Waals surface area contributed by atoms with Crippen molar-refractivity contribution in [2.75, 3.05) is 24.5 Å². The average molecular weight is 420 g/mol. The van der Waals surface area contributed by atoms with Crippen LogP contribution in [0.15, 0.2) is 23.1 Å². The van der Waals surface area contributed by atoms with Gasteiger partial charge in [0.15, 0.2) is 0 Å². The maximum atomic E-state index is 12.7. The fourth-order valence-electron chi connectivity index (χ4n) is 4.31. The van der Waals surface area contributed by atoms with Crippen molar-refractivity contribution < 1.29 is 18.0 Å². The van der Waals surface area contributed by atoms with Gasteiger partial charge in [-0.25, -0.2) is 13.1 Å². The van der Waals surface area contributed by atoms with Crippen molar-refractivity contribution in [3.63, 3.8) is 0 Å². The Labute approximate surface area is 172 Å². The Balaban J connectivity index is 1.39. The van der Waals surface area contributed by atoms with Gasteiger partial charge in [-0.15, -0.1) is 0 Å². The van der Waals surface area contributed by atoms with E-state index in [1.165, 1.54) is 0 Å². The molecule has 7 nitrogen and oxygen atoms in total. The summed E-state index contributed by atoms with van der Waals surface area (Å²) in [6.07, 6.45) is 5.91. The van der Waals surface area contributed by atoms with E-state index in [1.54, 1.807) is 18.2 Å². The minimum atomic E-state index is -3.69. The lowest BCUT2D eigenvalue weighted by atomic mass is 10.1. The fourth-order valence-corrected chi connectivity index (χ4v) is 5.40. The van der Waals surface area contributed by atoms with Gasteiger partial charge in [0.2, 0.25) is 21.8 Å². The second-order valence-corrected chi connectivity index (χ2v) is 10.2. The summed E-state index contributed by atoms with van der Waals surface area (Å²) in [6.45, 7) is 3.63. The molecule has 0 spiro atoms. The monoisotopic (exact) mass is 419 g/mol. The molecule has 1 aromatic carbocycles. The molecule has 1 atom stereocenters. The third-order valence-corrected chi connectivity index (χ3v) is 7.54. The number of sulfonamides is 1. The van der Waals surface area contributed by atoms with Crippen molar-refractivity contribution in [2.24, 2.45) is 5.92 Å². The molecular formula is C21H29N3O4S. The van der Waals surface area contributed by atoms with Gasteiger partial charge >= 0.3 is 0 Å². The quantitative estimate of drug-likeness (QED) is 0.765. The molecule has 8 heteroatoms. The van der Waals surface area contributed by atoms with Crippen LogP contribution in [0, 0.1) is 5.92 Å². The molecule has 0 aromatic heterocycles. The minimum absolute atomic E-state index is 0.00408. The molecule has 1 saturated heterocycles. The Morgan fingerprint density at radius 2 is 1.86 bits per heavy atom. The van der Waals surface area contributed by atoms with Crippen LogP contribution in [0.1, 0.15) is 51.0 Å². The Kier molecular flexibility index (Phi) is 5.66. The van der Waals surface area contributed by atoms with Gasteiger partial charge in [-0.3, -0.25) is 9.59 Å². The summed E-state index contributed by atoms with van der Waals surface area (Å²) in [7, 11) is -3.69. The number of hydrogen-bond acceptors (Lipinski definition) is 4. The number of nitrogens with zero attached hydrogens (tertiary/aromatic N) is 2. The second kappa shape index (κ2) is 8.07. The number of carbonyl (C=O) groups is 2. The number of fused-ring (bicyclic) bond motifs is 1. The topological polar surface area (TPSA) is 86.8 Å². The van der Waals surface area contributed by atoms with Crippen LogP contribution in [0.5, 0.6) is 0 Å². The van der Waals surface area contributed by atoms with Gasteiger partial charge in [-0.2, -0.15) is 0 Å². The first-order chi connectivity index (χ1) is 13.9. The lowest BCUT2D eigenvalue weighted by molar-refractivity contribution is -0.131. The maximum absolute atomic E-state index is 12.7. The lowest BCUT2D eigenvalue weighted by Gasteiger charge is -2.26. The summed E-state index contributed by atoms with van der Waals surface area (Å²) < 4.78 is 27.9. The van der Waals surface area contributed by atoms with E-state index in [9.17, 15) is 18.0 Å². The molecule has 1 aromatic rings. The standard InChI is InChI=1S/C21H29N3O4S/c1-15-13-17-14-18(7-8-19(17)24(15)21(26)16-5-6-16)29(27,28)22-10-9-20(25)23-11-3-2-4-12-23/h7-8,14-16,22H,2-6,9-13H2,1H3/t15-/m0/s1. The predicted octanol–water partition coefficient (Wildman–Crippen LogP) is 2.06. The molecule has 3 aliphatic rings. The van der Waals surface area contributed by atoms with Crippen LogP contribution in [-0.4, -0.2) is 50.8 Å². The van der Waals surface area contributed by atoms with Gasteiger partial charge in [-0.1, -0.05) is 0 Å². The van der Waals surface area contributed by atoms with Gasteiger partial charge in [0.1, 0.15) is 0 Å². The zero-order valence-corrected chi connectivity index (χ0v) is 17.7. The third kappa shape index (κ3) is 4.33. The van der Waals surface area contributed by atoms with Crippen LogP contribution in [0.25, 0.3) is 0 Å². The summed E-state index contributed by atoms with van der Waals surface area (Å²) >= 11 is 0. The van der Waals surface area contributed by atoms with E-state index in [-0.39, 0.29) is 41.6 Å². The van der Waals surface area contributed by atoms with Crippen LogP contribution in [0.4, 0.5) is 5.69 Å². The first kappa shape index (κ1) is 20.3. The Morgan fingerprint density at radius 1 is 1.14 bits per heavy atom. The number of anilines is 1. The molecule has 2 heterocycles. The zero-order valence-electron chi connectivity index (χ0n) is 16.9. The highest BCUT2D eigenvalue weighted by atomic mass is 32.2. The first-order valence-electron chi connectivity index (χ1n) is 10.6. The highest BCUT2D eigenvalue weighted by Gasteiger charge is 2.39. The fraction of sp³-hybridized carbons (Fsp3) is 0.619. The summed E-state index contributed by atoms with van der Waals surface area (Å²) in [5.74, 6) is 0.288. The summed E-state index contributed by atoms with van der Waals surface area (Å²) in [5, 5.41) is 0. The molecule has 0 bridgehead atoms. The molecule has 2 fully saturated rings. The van der Waals surface area contributed by atoms with Gasteiger partial charge in [0.05, 0.1) is 4.90 Å². The maximum Gasteiger partial charge on any atom is 0.240 e. The lowest BCUT2D eigenvalue weighted by Crippen LogP contribution is -2.37. The Morgan fingerprint density at radius 3 is 2.55 bits per heavy atom. The molecule has 1 N–H and O–H groups in total. The third-order valence-electron chi connectivity index (χ3n) is 6.08. The number of benzene rings is 1. The normalized spacial score (nSPS) is 21.9. The summed E-state index contributed by atoms with van der Waals surface area (Å²) in [4.78, 5) is 28.6. The molecule has 1 aliphatic carbocycles. The average Bonchev–Trinajstić information content (AvgIpc) is 3.50. The summed E-state index contributed by atoms with van der Waals surface area (Å²) in [5.41, 5.74) is 1.72. The first-order valence-corrected chi connectivity index (χ1v) is 12.1. The highest BCUT2D eigenvalue weighted by Crippen LogP contribution is 2.39. The second-order valence-electron chi connectivity index (χ2n) is 8.42. The van der Waals surface area contributed by atoms with Crippen LogP contribution in [-0.2, 0) is 26.0 Å². The van der Waals surface area contributed by atoms with Crippen LogP contribution in [0.2, 0.25) is 0 Å². The van der Waals surface area contributed by atoms with E-state index < -0.39 is 10.0 Å². The largest absolute Gasteiger partial charge is 0.343 e. The van der Waals surface area contributed by atoms with Crippen molar-refractivity contribution in [3.8, 4) is 0 Å². The SMILES string of the molecule is C[C@H]1Cc2cc(S(=O)(=O)NCCC(=O)N3CCCCC3)ccc2N1C(=O)C1CC1. The van der Waals surface area contributed by atoms with Crippen molar-refractivity contribution in [3.05, 3.63) is 23.8 Å². The van der Waals surface area contributed by atoms with Gasteiger partial charge < -0.3 is 9.80 Å². The van der Waals surface area contributed by atoms with E-state index in [1.807, 2.05) is 16.7 Å². The van der Waals surface area contributed by atoms with Gasteiger partial charge in [0.25, 0.3) is 0 Å². The molecule has 158 valence electrons. The minimum Gasteiger partial charge on any atom is -0.343 e. The molecule has 0 unspecified atom stereocenters. The number of piperidine rings is 1. The smallest absolute Gasteiger partial charge is 0.240 e.